The Balaban J connectivity index is 3.29. The van der Waals surface area contributed by atoms with Crippen molar-refractivity contribution in [2.75, 3.05) is 0 Å². The predicted octanol–water partition coefficient (Wildman–Crippen LogP) is -1.17. The summed E-state index contributed by atoms with van der Waals surface area (Å²) >= 11 is 0. The zero-order valence-corrected chi connectivity index (χ0v) is 7.97. The number of nitro groups is 1. The second kappa shape index (κ2) is 3.44. The number of carbonyl (C=O) groups excluding carboxylic acids is 1. The second-order valence-corrected chi connectivity index (χ2v) is 4.29. The Morgan fingerprint density at radius 2 is 2.07 bits per heavy atom. The van der Waals surface area contributed by atoms with Crippen molar-refractivity contribution in [3.63, 3.8) is 0 Å². The first-order valence-corrected chi connectivity index (χ1v) is 5.07. The minimum absolute atomic E-state index is 0.536. The molecule has 1 unspecified atom stereocenters. The van der Waals surface area contributed by atoms with Gasteiger partial charge in [0.2, 0.25) is 5.78 Å². The van der Waals surface area contributed by atoms with Crippen LogP contribution in [-0.2, 0) is 14.9 Å². The molecule has 0 amide bonds. The van der Waals surface area contributed by atoms with Gasteiger partial charge >= 0.3 is 0 Å². The molecule has 15 heavy (non-hydrogen) atoms. The lowest BCUT2D eigenvalue weighted by Gasteiger charge is -2.11. The van der Waals surface area contributed by atoms with Gasteiger partial charge < -0.3 is 5.73 Å². The molecule has 0 saturated carbocycles. The van der Waals surface area contributed by atoms with Crippen molar-refractivity contribution in [2.24, 2.45) is 5.73 Å². The molecule has 8 nitrogen and oxygen atoms in total. The highest BCUT2D eigenvalue weighted by Crippen LogP contribution is 2.17. The van der Waals surface area contributed by atoms with Crippen molar-refractivity contribution in [1.29, 1.82) is 0 Å². The van der Waals surface area contributed by atoms with Crippen molar-refractivity contribution in [3.05, 3.63) is 33.7 Å². The van der Waals surface area contributed by atoms with E-state index in [1.54, 1.807) is 0 Å². The number of hydrogen-bond acceptors (Lipinski definition) is 6. The Kier molecular flexibility index (Phi) is 2.60. The van der Waals surface area contributed by atoms with Crippen LogP contribution in [0.25, 0.3) is 0 Å². The van der Waals surface area contributed by atoms with Gasteiger partial charge in [-0.3, -0.25) is 19.5 Å². The monoisotopic (exact) mass is 234 g/mol. The molecular formula is C6H6N2O6S. The fourth-order valence-electron chi connectivity index (χ4n) is 1.01. The average molecular weight is 234 g/mol. The third kappa shape index (κ3) is 2.19. The van der Waals surface area contributed by atoms with Crippen LogP contribution in [0, 0.1) is 10.1 Å². The Bertz CT molecular complexity index is 488. The SMILES string of the molecule is NC1=CC([N+](=O)[O-])=CC(S(=O)(=O)O)C1=O. The second-order valence-electron chi connectivity index (χ2n) is 2.75. The van der Waals surface area contributed by atoms with E-state index in [0.29, 0.717) is 6.08 Å². The zero-order chi connectivity index (χ0) is 11.8. The Labute approximate surface area is 84.0 Å². The van der Waals surface area contributed by atoms with Gasteiger partial charge in [-0.2, -0.15) is 8.42 Å². The van der Waals surface area contributed by atoms with Crippen LogP contribution in [0.2, 0.25) is 0 Å². The number of nitrogens with two attached hydrogens (primary N) is 1. The predicted molar refractivity (Wildman–Crippen MR) is 47.7 cm³/mol. The molecule has 1 atom stereocenters. The summed E-state index contributed by atoms with van der Waals surface area (Å²) in [6.07, 6.45) is 1.28. The van der Waals surface area contributed by atoms with Crippen LogP contribution in [0.1, 0.15) is 0 Å². The normalized spacial score (nSPS) is 21.9. The van der Waals surface area contributed by atoms with Crippen LogP contribution in [-0.4, -0.2) is 28.9 Å². The Hall–Kier alpha value is -1.74. The third-order valence-electron chi connectivity index (χ3n) is 1.70. The fourth-order valence-corrected chi connectivity index (χ4v) is 1.73. The molecule has 0 aliphatic heterocycles. The molecule has 9 heteroatoms. The molecular weight excluding hydrogens is 228 g/mol. The van der Waals surface area contributed by atoms with Crippen molar-refractivity contribution >= 4 is 15.9 Å². The molecule has 1 rings (SSSR count). The van der Waals surface area contributed by atoms with E-state index < -0.39 is 37.5 Å². The molecule has 1 aliphatic carbocycles. The molecule has 0 spiro atoms. The number of ketones is 1. The summed E-state index contributed by atoms with van der Waals surface area (Å²) in [5.41, 5.74) is 3.86. The maximum Gasteiger partial charge on any atom is 0.279 e. The smallest absolute Gasteiger partial charge is 0.279 e. The van der Waals surface area contributed by atoms with Gasteiger partial charge in [0.15, 0.2) is 5.25 Å². The number of allylic oxidation sites excluding steroid dienone is 2. The molecule has 1 aliphatic rings. The van der Waals surface area contributed by atoms with Crippen LogP contribution < -0.4 is 5.73 Å². The van der Waals surface area contributed by atoms with Gasteiger partial charge in [-0.25, -0.2) is 0 Å². The van der Waals surface area contributed by atoms with Gasteiger partial charge in [-0.15, -0.1) is 0 Å². The van der Waals surface area contributed by atoms with E-state index in [0.717, 1.165) is 6.08 Å². The lowest BCUT2D eigenvalue weighted by atomic mass is 10.1. The minimum Gasteiger partial charge on any atom is -0.396 e. The van der Waals surface area contributed by atoms with Crippen LogP contribution in [0.15, 0.2) is 23.5 Å². The van der Waals surface area contributed by atoms with Gasteiger partial charge in [0.25, 0.3) is 15.8 Å². The first-order chi connectivity index (χ1) is 6.73. The summed E-state index contributed by atoms with van der Waals surface area (Å²) < 4.78 is 30.0. The number of rotatable bonds is 2. The maximum atomic E-state index is 11.1. The van der Waals surface area contributed by atoms with Crippen molar-refractivity contribution in [1.82, 2.24) is 0 Å². The number of nitrogens with zero attached hydrogens (tertiary/aromatic N) is 1. The van der Waals surface area contributed by atoms with Crippen LogP contribution in [0.3, 0.4) is 0 Å². The molecule has 0 heterocycles. The summed E-state index contributed by atoms with van der Waals surface area (Å²) in [7, 11) is -4.73. The first-order valence-electron chi connectivity index (χ1n) is 3.57. The van der Waals surface area contributed by atoms with Gasteiger partial charge in [0.1, 0.15) is 0 Å². The highest BCUT2D eigenvalue weighted by atomic mass is 32.2. The average Bonchev–Trinajstić information content (AvgIpc) is 2.06. The number of Topliss-reactive ketones (excluding diaryl/α,β-unsaturated/α-hetero) is 1. The lowest BCUT2D eigenvalue weighted by Crippen LogP contribution is -2.35. The van der Waals surface area contributed by atoms with Crippen molar-refractivity contribution in [3.8, 4) is 0 Å². The molecule has 0 saturated heterocycles. The van der Waals surface area contributed by atoms with Crippen molar-refractivity contribution in [2.45, 2.75) is 5.25 Å². The molecule has 0 radical (unpaired) electrons. The molecule has 0 aromatic carbocycles. The highest BCUT2D eigenvalue weighted by molar-refractivity contribution is 7.87. The van der Waals surface area contributed by atoms with E-state index in [2.05, 4.69) is 0 Å². The third-order valence-corrected chi connectivity index (χ3v) is 2.69. The lowest BCUT2D eigenvalue weighted by molar-refractivity contribution is -0.419. The largest absolute Gasteiger partial charge is 0.396 e. The van der Waals surface area contributed by atoms with Gasteiger partial charge in [0.05, 0.1) is 10.6 Å². The maximum absolute atomic E-state index is 11.1. The molecule has 0 fully saturated rings. The van der Waals surface area contributed by atoms with E-state index in [4.69, 9.17) is 10.3 Å². The van der Waals surface area contributed by atoms with Crippen LogP contribution >= 0.6 is 0 Å². The topological polar surface area (TPSA) is 141 Å². The van der Waals surface area contributed by atoms with Gasteiger partial charge in [0, 0.05) is 12.2 Å². The molecule has 0 bridgehead atoms. The standard InChI is InChI=1S/C6H6N2O6S/c7-4-1-3(8(10)11)2-5(6(4)9)15(12,13)14/h1-2,5H,7H2,(H,12,13,14). The van der Waals surface area contributed by atoms with Gasteiger partial charge in [-0.05, 0) is 0 Å². The molecule has 0 aromatic rings. The molecule has 0 aromatic heterocycles. The quantitative estimate of drug-likeness (QED) is 0.348. The van der Waals surface area contributed by atoms with E-state index in [-0.39, 0.29) is 0 Å². The zero-order valence-electron chi connectivity index (χ0n) is 7.15. The fraction of sp³-hybridized carbons (Fsp3) is 0.167. The Morgan fingerprint density at radius 3 is 2.47 bits per heavy atom. The summed E-state index contributed by atoms with van der Waals surface area (Å²) in [5.74, 6) is -1.08. The van der Waals surface area contributed by atoms with Crippen LogP contribution in [0.5, 0.6) is 0 Å². The molecule has 82 valence electrons. The van der Waals surface area contributed by atoms with Gasteiger partial charge in [-0.1, -0.05) is 0 Å². The number of carbonyl (C=O) groups is 1. The summed E-state index contributed by atoms with van der Waals surface area (Å²) in [6, 6.07) is 0. The van der Waals surface area contributed by atoms with E-state index >= 15 is 0 Å². The molecule has 3 N–H and O–H groups in total. The minimum atomic E-state index is -4.73. The first kappa shape index (κ1) is 11.3. The summed E-state index contributed by atoms with van der Waals surface area (Å²) in [4.78, 5) is 20.6. The van der Waals surface area contributed by atoms with E-state index in [1.807, 2.05) is 0 Å². The van der Waals surface area contributed by atoms with Crippen LogP contribution in [0.4, 0.5) is 0 Å². The summed E-state index contributed by atoms with van der Waals surface area (Å²) in [6.45, 7) is 0. The van der Waals surface area contributed by atoms with Crippen molar-refractivity contribution < 1.29 is 22.7 Å². The highest BCUT2D eigenvalue weighted by Gasteiger charge is 2.36. The Morgan fingerprint density at radius 1 is 1.53 bits per heavy atom. The number of hydrogen-bond donors (Lipinski definition) is 2. The summed E-state index contributed by atoms with van der Waals surface area (Å²) in [5, 5.41) is 8.33. The van der Waals surface area contributed by atoms with E-state index in [1.165, 1.54) is 0 Å². The van der Waals surface area contributed by atoms with E-state index in [9.17, 15) is 23.3 Å².